The lowest BCUT2D eigenvalue weighted by atomic mass is 9.95. The number of ether oxygens (including phenoxy) is 3. The maximum atomic E-state index is 12.0. The standard InChI is InChI=1S/C18H20N2O5/c1-22-14-9-8-13(10-15(14)23-2)17-19-16(25-20-17)11-24-18(21)12-6-4-3-5-7-12/h3-4,8-10,12H,5-7,11H2,1-2H3/t12-/m1/s1. The summed E-state index contributed by atoms with van der Waals surface area (Å²) in [5, 5.41) is 3.92. The molecule has 0 saturated heterocycles. The number of esters is 1. The molecule has 25 heavy (non-hydrogen) atoms. The summed E-state index contributed by atoms with van der Waals surface area (Å²) in [5.41, 5.74) is 0.719. The molecule has 0 N–H and O–H groups in total. The first-order valence-corrected chi connectivity index (χ1v) is 8.08. The van der Waals surface area contributed by atoms with Gasteiger partial charge in [-0.25, -0.2) is 0 Å². The van der Waals surface area contributed by atoms with Crippen molar-refractivity contribution in [3.05, 3.63) is 36.2 Å². The van der Waals surface area contributed by atoms with Crippen LogP contribution in [0.3, 0.4) is 0 Å². The predicted octanol–water partition coefficient (Wildman–Crippen LogP) is 3.15. The molecule has 0 bridgehead atoms. The van der Waals surface area contributed by atoms with Gasteiger partial charge in [-0.2, -0.15) is 4.98 Å². The molecule has 0 fully saturated rings. The fraction of sp³-hybridized carbons (Fsp3) is 0.389. The van der Waals surface area contributed by atoms with Crippen LogP contribution in [0.25, 0.3) is 11.4 Å². The van der Waals surface area contributed by atoms with E-state index < -0.39 is 0 Å². The number of methoxy groups -OCH3 is 2. The van der Waals surface area contributed by atoms with Crippen LogP contribution < -0.4 is 9.47 Å². The minimum atomic E-state index is -0.227. The van der Waals surface area contributed by atoms with E-state index in [9.17, 15) is 4.79 Å². The Kier molecular flexibility index (Phi) is 5.33. The van der Waals surface area contributed by atoms with Crippen molar-refractivity contribution < 1.29 is 23.5 Å². The Morgan fingerprint density at radius 1 is 1.24 bits per heavy atom. The van der Waals surface area contributed by atoms with Crippen LogP contribution in [0, 0.1) is 5.92 Å². The first kappa shape index (κ1) is 17.0. The van der Waals surface area contributed by atoms with E-state index in [-0.39, 0.29) is 24.4 Å². The number of rotatable bonds is 6. The lowest BCUT2D eigenvalue weighted by molar-refractivity contribution is -0.150. The number of carbonyl (C=O) groups is 1. The largest absolute Gasteiger partial charge is 0.493 e. The molecule has 1 aliphatic carbocycles. The lowest BCUT2D eigenvalue weighted by Gasteiger charge is -2.15. The van der Waals surface area contributed by atoms with Gasteiger partial charge in [0.05, 0.1) is 20.1 Å². The van der Waals surface area contributed by atoms with Gasteiger partial charge in [0.25, 0.3) is 5.89 Å². The third-order valence-electron chi connectivity index (χ3n) is 4.05. The summed E-state index contributed by atoms with van der Waals surface area (Å²) in [7, 11) is 3.13. The van der Waals surface area contributed by atoms with Crippen LogP contribution in [0.5, 0.6) is 11.5 Å². The predicted molar refractivity (Wildman–Crippen MR) is 89.1 cm³/mol. The van der Waals surface area contributed by atoms with Crippen LogP contribution in [0.2, 0.25) is 0 Å². The van der Waals surface area contributed by atoms with Crippen LogP contribution in [0.15, 0.2) is 34.9 Å². The zero-order chi connectivity index (χ0) is 17.6. The molecule has 7 nitrogen and oxygen atoms in total. The van der Waals surface area contributed by atoms with E-state index in [1.165, 1.54) is 0 Å². The average molecular weight is 344 g/mol. The fourth-order valence-electron chi connectivity index (χ4n) is 2.66. The molecule has 0 amide bonds. The zero-order valence-corrected chi connectivity index (χ0v) is 14.2. The highest BCUT2D eigenvalue weighted by molar-refractivity contribution is 5.72. The Balaban J connectivity index is 1.64. The normalized spacial score (nSPS) is 16.5. The van der Waals surface area contributed by atoms with Crippen molar-refractivity contribution in [1.82, 2.24) is 10.1 Å². The van der Waals surface area contributed by atoms with E-state index in [1.807, 2.05) is 6.08 Å². The van der Waals surface area contributed by atoms with Gasteiger partial charge in [0.15, 0.2) is 18.1 Å². The first-order chi connectivity index (χ1) is 12.2. The van der Waals surface area contributed by atoms with E-state index in [1.54, 1.807) is 32.4 Å². The number of allylic oxidation sites excluding steroid dienone is 2. The van der Waals surface area contributed by atoms with Gasteiger partial charge < -0.3 is 18.7 Å². The maximum absolute atomic E-state index is 12.0. The SMILES string of the molecule is COc1ccc(-c2noc(COC(=O)[C@@H]3CC=CCC3)n2)cc1OC. The van der Waals surface area contributed by atoms with E-state index in [2.05, 4.69) is 16.2 Å². The zero-order valence-electron chi connectivity index (χ0n) is 14.2. The molecular formula is C18H20N2O5. The Hall–Kier alpha value is -2.83. The van der Waals surface area contributed by atoms with Crippen molar-refractivity contribution >= 4 is 5.97 Å². The molecule has 1 heterocycles. The molecule has 0 unspecified atom stereocenters. The molecule has 1 aliphatic rings. The van der Waals surface area contributed by atoms with E-state index >= 15 is 0 Å². The van der Waals surface area contributed by atoms with Gasteiger partial charge in [0.1, 0.15) is 0 Å². The Morgan fingerprint density at radius 3 is 2.80 bits per heavy atom. The summed E-state index contributed by atoms with van der Waals surface area (Å²) < 4.78 is 20.9. The topological polar surface area (TPSA) is 83.7 Å². The van der Waals surface area contributed by atoms with Gasteiger partial charge in [-0.1, -0.05) is 17.3 Å². The average Bonchev–Trinajstić information content (AvgIpc) is 3.15. The molecule has 3 rings (SSSR count). The van der Waals surface area contributed by atoms with Crippen LogP contribution in [0.1, 0.15) is 25.2 Å². The number of carbonyl (C=O) groups excluding carboxylic acids is 1. The minimum Gasteiger partial charge on any atom is -0.493 e. The summed E-state index contributed by atoms with van der Waals surface area (Å²) in [6.45, 7) is -0.0284. The molecular weight excluding hydrogens is 324 g/mol. The van der Waals surface area contributed by atoms with Gasteiger partial charge >= 0.3 is 5.97 Å². The van der Waals surface area contributed by atoms with Crippen molar-refractivity contribution in [2.24, 2.45) is 5.92 Å². The summed E-state index contributed by atoms with van der Waals surface area (Å²) in [4.78, 5) is 16.3. The number of benzene rings is 1. The number of hydrogen-bond acceptors (Lipinski definition) is 7. The fourth-order valence-corrected chi connectivity index (χ4v) is 2.66. The highest BCUT2D eigenvalue weighted by Crippen LogP contribution is 2.31. The summed E-state index contributed by atoms with van der Waals surface area (Å²) in [5.74, 6) is 1.53. The molecule has 1 atom stereocenters. The summed E-state index contributed by atoms with van der Waals surface area (Å²) >= 11 is 0. The molecule has 1 aromatic heterocycles. The number of nitrogens with zero attached hydrogens (tertiary/aromatic N) is 2. The van der Waals surface area contributed by atoms with E-state index in [0.717, 1.165) is 24.8 Å². The molecule has 0 spiro atoms. The van der Waals surface area contributed by atoms with E-state index in [0.29, 0.717) is 17.3 Å². The number of hydrogen-bond donors (Lipinski definition) is 0. The van der Waals surface area contributed by atoms with Crippen molar-refractivity contribution in [1.29, 1.82) is 0 Å². The Labute approximate surface area is 145 Å². The van der Waals surface area contributed by atoms with Gasteiger partial charge in [0, 0.05) is 5.56 Å². The molecule has 1 aromatic carbocycles. The third-order valence-corrected chi connectivity index (χ3v) is 4.05. The first-order valence-electron chi connectivity index (χ1n) is 8.08. The smallest absolute Gasteiger partial charge is 0.309 e. The second-order valence-electron chi connectivity index (χ2n) is 5.67. The van der Waals surface area contributed by atoms with Crippen LogP contribution >= 0.6 is 0 Å². The van der Waals surface area contributed by atoms with Crippen LogP contribution in [-0.4, -0.2) is 30.3 Å². The molecule has 132 valence electrons. The Bertz CT molecular complexity index is 769. The Morgan fingerprint density at radius 2 is 2.08 bits per heavy atom. The molecule has 0 radical (unpaired) electrons. The monoisotopic (exact) mass is 344 g/mol. The van der Waals surface area contributed by atoms with Crippen molar-refractivity contribution in [2.45, 2.75) is 25.9 Å². The van der Waals surface area contributed by atoms with Crippen LogP contribution in [-0.2, 0) is 16.1 Å². The van der Waals surface area contributed by atoms with Crippen LogP contribution in [0.4, 0.5) is 0 Å². The second-order valence-corrected chi connectivity index (χ2v) is 5.67. The van der Waals surface area contributed by atoms with E-state index in [4.69, 9.17) is 18.7 Å². The van der Waals surface area contributed by atoms with Gasteiger partial charge in [0.2, 0.25) is 5.82 Å². The lowest BCUT2D eigenvalue weighted by Crippen LogP contribution is -2.18. The summed E-state index contributed by atoms with van der Waals surface area (Å²) in [6, 6.07) is 5.32. The third kappa shape index (κ3) is 3.99. The molecule has 2 aromatic rings. The molecule has 0 aliphatic heterocycles. The quantitative estimate of drug-likeness (QED) is 0.588. The van der Waals surface area contributed by atoms with Crippen molar-refractivity contribution in [3.8, 4) is 22.9 Å². The van der Waals surface area contributed by atoms with Crippen molar-refractivity contribution in [3.63, 3.8) is 0 Å². The van der Waals surface area contributed by atoms with Crippen molar-refractivity contribution in [2.75, 3.05) is 14.2 Å². The molecule has 0 saturated carbocycles. The van der Waals surface area contributed by atoms with Gasteiger partial charge in [-0.05, 0) is 37.5 Å². The highest BCUT2D eigenvalue weighted by Gasteiger charge is 2.21. The second kappa shape index (κ2) is 7.83. The highest BCUT2D eigenvalue weighted by atomic mass is 16.6. The van der Waals surface area contributed by atoms with Gasteiger partial charge in [-0.3, -0.25) is 4.79 Å². The number of aromatic nitrogens is 2. The minimum absolute atomic E-state index is 0.0284. The molecule has 7 heteroatoms. The maximum Gasteiger partial charge on any atom is 0.309 e. The van der Waals surface area contributed by atoms with Gasteiger partial charge in [-0.15, -0.1) is 0 Å². The summed E-state index contributed by atoms with van der Waals surface area (Å²) in [6.07, 6.45) is 6.54.